The van der Waals surface area contributed by atoms with Gasteiger partial charge in [-0.3, -0.25) is 9.59 Å². The van der Waals surface area contributed by atoms with Crippen LogP contribution in [0.15, 0.2) is 24.3 Å². The van der Waals surface area contributed by atoms with Crippen molar-refractivity contribution in [2.45, 2.75) is 82.7 Å². The second-order valence-electron chi connectivity index (χ2n) is 7.55. The molecule has 3 rings (SSSR count). The highest BCUT2D eigenvalue weighted by Gasteiger charge is 2.19. The molecule has 0 saturated heterocycles. The maximum Gasteiger partial charge on any atom is 0.251 e. The van der Waals surface area contributed by atoms with E-state index in [-0.39, 0.29) is 23.9 Å². The first-order valence-electron chi connectivity index (χ1n) is 9.94. The van der Waals surface area contributed by atoms with Crippen molar-refractivity contribution in [3.8, 4) is 0 Å². The van der Waals surface area contributed by atoms with Gasteiger partial charge >= 0.3 is 0 Å². The lowest BCUT2D eigenvalue weighted by Crippen LogP contribution is -2.36. The number of amides is 2. The molecule has 0 heterocycles. The Balaban J connectivity index is 1.59. The van der Waals surface area contributed by atoms with Gasteiger partial charge in [0.15, 0.2) is 0 Å². The number of carbonyl (C=O) groups excluding carboxylic acids is 2. The van der Waals surface area contributed by atoms with Gasteiger partial charge < -0.3 is 10.6 Å². The van der Waals surface area contributed by atoms with Crippen LogP contribution in [-0.2, 0) is 0 Å². The van der Waals surface area contributed by atoms with Crippen LogP contribution in [0.1, 0.15) is 91.3 Å². The van der Waals surface area contributed by atoms with Crippen LogP contribution in [-0.4, -0.2) is 23.9 Å². The topological polar surface area (TPSA) is 58.2 Å². The molecule has 2 fully saturated rings. The third-order valence-corrected chi connectivity index (χ3v) is 5.52. The highest BCUT2D eigenvalue weighted by atomic mass is 16.2. The van der Waals surface area contributed by atoms with Crippen molar-refractivity contribution >= 4 is 11.8 Å². The summed E-state index contributed by atoms with van der Waals surface area (Å²) in [4.78, 5) is 25.0. The van der Waals surface area contributed by atoms with Crippen molar-refractivity contribution in [3.63, 3.8) is 0 Å². The minimum Gasteiger partial charge on any atom is -0.349 e. The van der Waals surface area contributed by atoms with Crippen LogP contribution in [0.4, 0.5) is 0 Å². The van der Waals surface area contributed by atoms with E-state index in [0.29, 0.717) is 11.1 Å². The molecule has 2 aliphatic carbocycles. The third-order valence-electron chi connectivity index (χ3n) is 5.52. The van der Waals surface area contributed by atoms with Crippen molar-refractivity contribution < 1.29 is 9.59 Å². The van der Waals surface area contributed by atoms with Gasteiger partial charge in [-0.15, -0.1) is 0 Å². The van der Waals surface area contributed by atoms with Crippen LogP contribution in [0, 0.1) is 0 Å². The summed E-state index contributed by atoms with van der Waals surface area (Å²) >= 11 is 0. The second-order valence-corrected chi connectivity index (χ2v) is 7.55. The number of hydrogen-bond acceptors (Lipinski definition) is 2. The molecule has 0 radical (unpaired) electrons. The van der Waals surface area contributed by atoms with Crippen molar-refractivity contribution in [1.82, 2.24) is 10.6 Å². The highest BCUT2D eigenvalue weighted by molar-refractivity contribution is 5.99. The monoisotopic (exact) mass is 342 g/mol. The lowest BCUT2D eigenvalue weighted by molar-refractivity contribution is 0.0927. The number of nitrogens with one attached hydrogen (secondary N) is 2. The van der Waals surface area contributed by atoms with Gasteiger partial charge in [-0.1, -0.05) is 51.0 Å². The van der Waals surface area contributed by atoms with E-state index >= 15 is 0 Å². The maximum atomic E-state index is 12.5. The van der Waals surface area contributed by atoms with E-state index in [2.05, 4.69) is 10.6 Å². The first kappa shape index (κ1) is 18.0. The predicted molar refractivity (Wildman–Crippen MR) is 99.7 cm³/mol. The molecular formula is C21H30N2O2. The van der Waals surface area contributed by atoms with Gasteiger partial charge in [0.25, 0.3) is 11.8 Å². The van der Waals surface area contributed by atoms with E-state index in [1.165, 1.54) is 44.9 Å². The number of benzene rings is 1. The summed E-state index contributed by atoms with van der Waals surface area (Å²) < 4.78 is 0. The number of hydrogen-bond donors (Lipinski definition) is 2. The van der Waals surface area contributed by atoms with Crippen LogP contribution >= 0.6 is 0 Å². The molecule has 1 aromatic carbocycles. The molecule has 136 valence electrons. The lowest BCUT2D eigenvalue weighted by atomic mass is 9.95. The molecule has 0 bridgehead atoms. The Bertz CT molecular complexity index is 585. The van der Waals surface area contributed by atoms with E-state index in [4.69, 9.17) is 0 Å². The van der Waals surface area contributed by atoms with E-state index in [1.807, 2.05) is 0 Å². The molecule has 0 atom stereocenters. The molecule has 1 aromatic rings. The van der Waals surface area contributed by atoms with Crippen LogP contribution in [0.3, 0.4) is 0 Å². The number of carbonyl (C=O) groups is 2. The first-order valence-corrected chi connectivity index (χ1v) is 9.94. The van der Waals surface area contributed by atoms with E-state index in [0.717, 1.165) is 25.7 Å². The molecule has 0 aliphatic heterocycles. The summed E-state index contributed by atoms with van der Waals surface area (Å²) in [6.45, 7) is 0. The van der Waals surface area contributed by atoms with Gasteiger partial charge in [-0.05, 0) is 43.9 Å². The number of rotatable bonds is 4. The van der Waals surface area contributed by atoms with Crippen LogP contribution < -0.4 is 10.6 Å². The Hall–Kier alpha value is -1.84. The Morgan fingerprint density at radius 2 is 1.08 bits per heavy atom. The zero-order valence-corrected chi connectivity index (χ0v) is 15.1. The molecule has 2 aliphatic rings. The second kappa shape index (κ2) is 9.02. The lowest BCUT2D eigenvalue weighted by Gasteiger charge is -2.22. The molecule has 0 aromatic heterocycles. The van der Waals surface area contributed by atoms with Crippen LogP contribution in [0.2, 0.25) is 0 Å². The maximum absolute atomic E-state index is 12.5. The van der Waals surface area contributed by atoms with Gasteiger partial charge in [-0.25, -0.2) is 0 Å². The van der Waals surface area contributed by atoms with Crippen molar-refractivity contribution in [2.24, 2.45) is 0 Å². The summed E-state index contributed by atoms with van der Waals surface area (Å²) in [5, 5.41) is 6.27. The van der Waals surface area contributed by atoms with Gasteiger partial charge in [0, 0.05) is 23.2 Å². The van der Waals surface area contributed by atoms with Gasteiger partial charge in [-0.2, -0.15) is 0 Å². The Kier molecular flexibility index (Phi) is 6.48. The normalized spacial score (nSPS) is 19.8. The molecule has 4 heteroatoms. The standard InChI is InChI=1S/C21H30N2O2/c24-20(22-18-11-4-1-2-5-12-18)16-9-8-10-17(15-16)21(25)23-19-13-6-3-7-14-19/h8-10,15,18-19H,1-7,11-14H2,(H,22,24)(H,23,25). The van der Waals surface area contributed by atoms with E-state index in [9.17, 15) is 9.59 Å². The Morgan fingerprint density at radius 1 is 0.680 bits per heavy atom. The quantitative estimate of drug-likeness (QED) is 0.806. The summed E-state index contributed by atoms with van der Waals surface area (Å²) in [6.07, 6.45) is 12.8. The fraction of sp³-hybridized carbons (Fsp3) is 0.619. The molecule has 25 heavy (non-hydrogen) atoms. The SMILES string of the molecule is O=C(NC1CCCCCC1)c1cccc(C(=O)NC2CCCCC2)c1. The molecular weight excluding hydrogens is 312 g/mol. The van der Waals surface area contributed by atoms with Gasteiger partial charge in [0.2, 0.25) is 0 Å². The third kappa shape index (κ3) is 5.32. The minimum atomic E-state index is -0.0592. The van der Waals surface area contributed by atoms with Crippen LogP contribution in [0.5, 0.6) is 0 Å². The van der Waals surface area contributed by atoms with Crippen molar-refractivity contribution in [1.29, 1.82) is 0 Å². The summed E-state index contributed by atoms with van der Waals surface area (Å²) in [7, 11) is 0. The van der Waals surface area contributed by atoms with Crippen molar-refractivity contribution in [3.05, 3.63) is 35.4 Å². The molecule has 2 saturated carbocycles. The Labute approximate surface area is 150 Å². The fourth-order valence-corrected chi connectivity index (χ4v) is 4.01. The predicted octanol–water partition coefficient (Wildman–Crippen LogP) is 4.20. The minimum absolute atomic E-state index is 0.0563. The van der Waals surface area contributed by atoms with Gasteiger partial charge in [0.05, 0.1) is 0 Å². The smallest absolute Gasteiger partial charge is 0.251 e. The average molecular weight is 342 g/mol. The zero-order valence-electron chi connectivity index (χ0n) is 15.1. The summed E-state index contributed by atoms with van der Waals surface area (Å²) in [6, 6.07) is 7.67. The van der Waals surface area contributed by atoms with Gasteiger partial charge in [0.1, 0.15) is 0 Å². The zero-order chi connectivity index (χ0) is 17.5. The molecule has 2 amide bonds. The largest absolute Gasteiger partial charge is 0.349 e. The average Bonchev–Trinajstić information content (AvgIpc) is 2.91. The fourth-order valence-electron chi connectivity index (χ4n) is 4.01. The Morgan fingerprint density at radius 3 is 1.52 bits per heavy atom. The highest BCUT2D eigenvalue weighted by Crippen LogP contribution is 2.19. The summed E-state index contributed by atoms with van der Waals surface area (Å²) in [5.41, 5.74) is 1.17. The first-order chi connectivity index (χ1) is 12.2. The molecule has 0 spiro atoms. The summed E-state index contributed by atoms with van der Waals surface area (Å²) in [5.74, 6) is -0.116. The molecule has 4 nitrogen and oxygen atoms in total. The molecule has 2 N–H and O–H groups in total. The van der Waals surface area contributed by atoms with Crippen molar-refractivity contribution in [2.75, 3.05) is 0 Å². The van der Waals surface area contributed by atoms with E-state index < -0.39 is 0 Å². The van der Waals surface area contributed by atoms with E-state index in [1.54, 1.807) is 24.3 Å². The van der Waals surface area contributed by atoms with Crippen LogP contribution in [0.25, 0.3) is 0 Å². The molecule has 0 unspecified atom stereocenters.